The van der Waals surface area contributed by atoms with Crippen molar-refractivity contribution in [3.8, 4) is 5.75 Å². The highest BCUT2D eigenvalue weighted by molar-refractivity contribution is 5.89. The summed E-state index contributed by atoms with van der Waals surface area (Å²) in [7, 11) is 0. The molecule has 0 spiro atoms. The number of para-hydroxylation sites is 1. The summed E-state index contributed by atoms with van der Waals surface area (Å²) in [6, 6.07) is 14.6. The first-order valence-corrected chi connectivity index (χ1v) is 11.8. The lowest BCUT2D eigenvalue weighted by molar-refractivity contribution is -0.151. The summed E-state index contributed by atoms with van der Waals surface area (Å²) in [6.07, 6.45) is -1.18. The largest absolute Gasteiger partial charge is 0.476 e. The van der Waals surface area contributed by atoms with E-state index < -0.39 is 23.6 Å². The van der Waals surface area contributed by atoms with Crippen LogP contribution in [0.15, 0.2) is 62.5 Å². The van der Waals surface area contributed by atoms with Gasteiger partial charge in [-0.1, -0.05) is 37.6 Å². The number of fused-ring (bicyclic) bond motifs is 4. The maximum atomic E-state index is 13.9. The third-order valence-corrected chi connectivity index (χ3v) is 6.34. The van der Waals surface area contributed by atoms with Crippen LogP contribution in [0.25, 0.3) is 21.9 Å². The molecule has 0 bridgehead atoms. The molecule has 7 nitrogen and oxygen atoms in total. The molecule has 180 valence electrons. The summed E-state index contributed by atoms with van der Waals surface area (Å²) in [5.41, 5.74) is 1.77. The summed E-state index contributed by atoms with van der Waals surface area (Å²) in [4.78, 5) is 40.2. The van der Waals surface area contributed by atoms with E-state index in [1.54, 1.807) is 41.8 Å². The van der Waals surface area contributed by atoms with Gasteiger partial charge in [0.25, 0.3) is 5.56 Å². The van der Waals surface area contributed by atoms with E-state index in [0.717, 1.165) is 16.5 Å². The average molecular weight is 474 g/mol. The van der Waals surface area contributed by atoms with Gasteiger partial charge in [-0.3, -0.25) is 4.79 Å². The molecule has 2 aromatic carbocycles. The van der Waals surface area contributed by atoms with E-state index in [1.165, 1.54) is 0 Å². The number of carbonyl (C=O) groups excluding carboxylic acids is 1. The first kappa shape index (κ1) is 22.9. The van der Waals surface area contributed by atoms with Crippen molar-refractivity contribution < 1.29 is 18.7 Å². The van der Waals surface area contributed by atoms with Crippen LogP contribution >= 0.6 is 0 Å². The molecule has 4 aromatic rings. The molecule has 0 amide bonds. The number of aromatic nitrogens is 1. The summed E-state index contributed by atoms with van der Waals surface area (Å²) in [5.74, 6) is -1.12. The molecule has 7 heteroatoms. The molecule has 5 rings (SSSR count). The Labute approximate surface area is 201 Å². The van der Waals surface area contributed by atoms with E-state index in [2.05, 4.69) is 0 Å². The van der Waals surface area contributed by atoms with Gasteiger partial charge < -0.3 is 18.5 Å². The maximum absolute atomic E-state index is 13.9. The van der Waals surface area contributed by atoms with E-state index in [1.807, 2.05) is 39.0 Å². The predicted octanol–water partition coefficient (Wildman–Crippen LogP) is 4.53. The minimum absolute atomic E-state index is 0.144. The fourth-order valence-corrected chi connectivity index (χ4v) is 4.90. The van der Waals surface area contributed by atoms with Crippen LogP contribution in [0.3, 0.4) is 0 Å². The van der Waals surface area contributed by atoms with Crippen LogP contribution in [-0.4, -0.2) is 23.2 Å². The molecule has 1 aliphatic rings. The van der Waals surface area contributed by atoms with Crippen molar-refractivity contribution in [3.05, 3.63) is 86.0 Å². The number of carbonyl (C=O) groups is 1. The Morgan fingerprint density at radius 2 is 1.89 bits per heavy atom. The molecule has 0 radical (unpaired) electrons. The average Bonchev–Trinajstić information content (AvgIpc) is 3.22. The first-order chi connectivity index (χ1) is 16.8. The molecule has 0 saturated heterocycles. The number of aryl methyl sites for hydroxylation is 1. The van der Waals surface area contributed by atoms with E-state index in [0.29, 0.717) is 23.1 Å². The smallest absolute Gasteiger partial charge is 0.348 e. The molecule has 0 unspecified atom stereocenters. The Morgan fingerprint density at radius 1 is 1.11 bits per heavy atom. The number of pyridine rings is 1. The van der Waals surface area contributed by atoms with Crippen molar-refractivity contribution in [3.63, 3.8) is 0 Å². The SMILES string of the molecule is CCOC(=O)[C@H]1Oc2c(c(=O)oc3ccccc23)[C@H]1c1cc2cc(C)ccc2n(CC(C)C)c1=O. The lowest BCUT2D eigenvalue weighted by Crippen LogP contribution is -2.37. The normalized spacial score (nSPS) is 17.1. The topological polar surface area (TPSA) is 87.7 Å². The minimum atomic E-state index is -1.18. The molecule has 35 heavy (non-hydrogen) atoms. The van der Waals surface area contributed by atoms with Gasteiger partial charge in [0.1, 0.15) is 11.3 Å². The monoisotopic (exact) mass is 473 g/mol. The van der Waals surface area contributed by atoms with Gasteiger partial charge in [0, 0.05) is 12.1 Å². The molecule has 0 aliphatic carbocycles. The van der Waals surface area contributed by atoms with Gasteiger partial charge in [0.05, 0.1) is 29.0 Å². The van der Waals surface area contributed by atoms with Crippen molar-refractivity contribution in [1.29, 1.82) is 0 Å². The molecular weight excluding hydrogens is 446 g/mol. The fourth-order valence-electron chi connectivity index (χ4n) is 4.90. The number of hydrogen-bond acceptors (Lipinski definition) is 6. The van der Waals surface area contributed by atoms with E-state index in [4.69, 9.17) is 13.9 Å². The van der Waals surface area contributed by atoms with Crippen molar-refractivity contribution in [2.45, 2.75) is 46.3 Å². The highest BCUT2D eigenvalue weighted by atomic mass is 16.6. The zero-order valence-electron chi connectivity index (χ0n) is 20.2. The summed E-state index contributed by atoms with van der Waals surface area (Å²) in [5, 5.41) is 1.42. The van der Waals surface area contributed by atoms with Crippen LogP contribution in [0.5, 0.6) is 5.75 Å². The van der Waals surface area contributed by atoms with Gasteiger partial charge >= 0.3 is 11.6 Å². The van der Waals surface area contributed by atoms with Crippen molar-refractivity contribution in [2.75, 3.05) is 6.61 Å². The highest BCUT2D eigenvalue weighted by Crippen LogP contribution is 2.44. The van der Waals surface area contributed by atoms with E-state index >= 15 is 0 Å². The molecule has 1 aliphatic heterocycles. The Balaban J connectivity index is 1.84. The summed E-state index contributed by atoms with van der Waals surface area (Å²) < 4.78 is 18.7. The van der Waals surface area contributed by atoms with Gasteiger partial charge in [0.15, 0.2) is 0 Å². The molecule has 0 N–H and O–H groups in total. The number of ether oxygens (including phenoxy) is 2. The van der Waals surface area contributed by atoms with Gasteiger partial charge in [-0.2, -0.15) is 0 Å². The molecule has 2 aromatic heterocycles. The highest BCUT2D eigenvalue weighted by Gasteiger charge is 2.46. The first-order valence-electron chi connectivity index (χ1n) is 11.8. The zero-order chi connectivity index (χ0) is 24.9. The van der Waals surface area contributed by atoms with Crippen LogP contribution in [0.2, 0.25) is 0 Å². The van der Waals surface area contributed by atoms with Gasteiger partial charge in [-0.15, -0.1) is 0 Å². The number of esters is 1. The number of hydrogen-bond donors (Lipinski definition) is 0. The van der Waals surface area contributed by atoms with Gasteiger partial charge in [-0.25, -0.2) is 9.59 Å². The molecule has 0 saturated carbocycles. The second-order valence-corrected chi connectivity index (χ2v) is 9.37. The Hall–Kier alpha value is -3.87. The number of rotatable bonds is 5. The third-order valence-electron chi connectivity index (χ3n) is 6.34. The van der Waals surface area contributed by atoms with Crippen molar-refractivity contribution in [1.82, 2.24) is 4.57 Å². The van der Waals surface area contributed by atoms with Crippen LogP contribution < -0.4 is 15.9 Å². The van der Waals surface area contributed by atoms with E-state index in [9.17, 15) is 14.4 Å². The minimum Gasteiger partial charge on any atom is -0.476 e. The van der Waals surface area contributed by atoms with Crippen LogP contribution in [0.1, 0.15) is 43.4 Å². The second kappa shape index (κ2) is 8.73. The summed E-state index contributed by atoms with van der Waals surface area (Å²) in [6.45, 7) is 8.39. The fraction of sp³-hybridized carbons (Fsp3) is 0.321. The lowest BCUT2D eigenvalue weighted by atomic mass is 9.88. The van der Waals surface area contributed by atoms with Gasteiger partial charge in [0.2, 0.25) is 6.10 Å². The van der Waals surface area contributed by atoms with Crippen molar-refractivity contribution in [2.24, 2.45) is 5.92 Å². The molecule has 0 fully saturated rings. The maximum Gasteiger partial charge on any atom is 0.348 e. The molecular formula is C28H27NO6. The van der Waals surface area contributed by atoms with Crippen LogP contribution in [0.4, 0.5) is 0 Å². The standard InChI is InChI=1S/C28H27NO6/c1-5-33-28(32)25-22(23-24(35-25)18-8-6-7-9-21(18)34-27(23)31)19-13-17-12-16(4)10-11-20(17)29(26(19)30)14-15(2)3/h6-13,15,22,25H,5,14H2,1-4H3/t22-,25+/m1/s1. The van der Waals surface area contributed by atoms with Crippen molar-refractivity contribution >= 4 is 27.8 Å². The number of nitrogens with zero attached hydrogens (tertiary/aromatic N) is 1. The Kier molecular flexibility index (Phi) is 5.71. The molecule has 3 heterocycles. The number of benzene rings is 2. The van der Waals surface area contributed by atoms with Gasteiger partial charge in [-0.05, 0) is 55.5 Å². The summed E-state index contributed by atoms with van der Waals surface area (Å²) >= 11 is 0. The molecule has 2 atom stereocenters. The Bertz CT molecular complexity index is 1580. The third kappa shape index (κ3) is 3.81. The van der Waals surface area contributed by atoms with Crippen LogP contribution in [0, 0.1) is 12.8 Å². The predicted molar refractivity (Wildman–Crippen MR) is 133 cm³/mol. The zero-order valence-corrected chi connectivity index (χ0v) is 20.2. The quantitative estimate of drug-likeness (QED) is 0.313. The van der Waals surface area contributed by atoms with E-state index in [-0.39, 0.29) is 29.4 Å². The Morgan fingerprint density at radius 3 is 2.63 bits per heavy atom. The second-order valence-electron chi connectivity index (χ2n) is 9.37. The lowest BCUT2D eigenvalue weighted by Gasteiger charge is -2.20. The van der Waals surface area contributed by atoms with Crippen LogP contribution in [-0.2, 0) is 16.1 Å².